The minimum Gasteiger partial charge on any atom is -0.483 e. The Morgan fingerprint density at radius 2 is 1.84 bits per heavy atom. The second-order valence-electron chi connectivity index (χ2n) is 8.03. The number of benzene rings is 2. The molecule has 0 radical (unpaired) electrons. The van der Waals surface area contributed by atoms with Crippen molar-refractivity contribution in [1.29, 1.82) is 0 Å². The Hall–Kier alpha value is -1.76. The molecule has 0 aliphatic heterocycles. The van der Waals surface area contributed by atoms with Crippen LogP contribution < -0.4 is 10.1 Å². The number of hydrogen-bond acceptors (Lipinski definition) is 3. The normalized spacial score (nSPS) is 15.1. The van der Waals surface area contributed by atoms with Crippen LogP contribution >= 0.6 is 39.1 Å². The van der Waals surface area contributed by atoms with Gasteiger partial charge in [-0.2, -0.15) is 0 Å². The van der Waals surface area contributed by atoms with Crippen LogP contribution in [0.4, 0.5) is 0 Å². The van der Waals surface area contributed by atoms with Gasteiger partial charge in [-0.1, -0.05) is 54.6 Å². The lowest BCUT2D eigenvalue weighted by molar-refractivity contribution is -0.142. The molecule has 0 bridgehead atoms. The van der Waals surface area contributed by atoms with Crippen molar-refractivity contribution in [2.45, 2.75) is 57.7 Å². The molecule has 2 aromatic rings. The van der Waals surface area contributed by atoms with E-state index in [-0.39, 0.29) is 31.0 Å². The molecule has 0 saturated heterocycles. The standard InChI is InChI=1S/C24H27BrCl2N2O3/c1-16(24(31)28-20-8-3-2-4-9-20)29(14-17-6-5-7-18(26)12-17)23(30)15-32-22-11-10-19(27)13-21(22)25/h5-7,10-13,16,20H,2-4,8-9,14-15H2,1H3,(H,28,31)/t16-/m0/s1. The quantitative estimate of drug-likeness (QED) is 0.445. The van der Waals surface area contributed by atoms with Crippen molar-refractivity contribution in [3.05, 3.63) is 62.5 Å². The summed E-state index contributed by atoms with van der Waals surface area (Å²) in [6.45, 7) is 1.80. The first-order valence-corrected chi connectivity index (χ1v) is 12.3. The summed E-state index contributed by atoms with van der Waals surface area (Å²) in [6.07, 6.45) is 5.41. The van der Waals surface area contributed by atoms with Crippen LogP contribution in [0.25, 0.3) is 0 Å². The number of rotatable bonds is 8. The Morgan fingerprint density at radius 1 is 1.12 bits per heavy atom. The second kappa shape index (κ2) is 11.9. The minimum atomic E-state index is -0.652. The fraction of sp³-hybridized carbons (Fsp3) is 0.417. The molecule has 0 aromatic heterocycles. The highest BCUT2D eigenvalue weighted by Gasteiger charge is 2.28. The van der Waals surface area contributed by atoms with Crippen molar-refractivity contribution in [3.8, 4) is 5.75 Å². The SMILES string of the molecule is C[C@@H](C(=O)NC1CCCCC1)N(Cc1cccc(Cl)c1)C(=O)COc1ccc(Cl)cc1Br. The maximum atomic E-state index is 13.2. The van der Waals surface area contributed by atoms with E-state index in [1.807, 2.05) is 12.1 Å². The van der Waals surface area contributed by atoms with Gasteiger partial charge in [0, 0.05) is 22.6 Å². The number of carbonyl (C=O) groups excluding carboxylic acids is 2. The summed E-state index contributed by atoms with van der Waals surface area (Å²) >= 11 is 15.5. The van der Waals surface area contributed by atoms with Crippen LogP contribution in [-0.4, -0.2) is 35.4 Å². The Labute approximate surface area is 207 Å². The maximum Gasteiger partial charge on any atom is 0.261 e. The number of nitrogens with one attached hydrogen (secondary N) is 1. The number of nitrogens with zero attached hydrogens (tertiary/aromatic N) is 1. The second-order valence-corrected chi connectivity index (χ2v) is 9.76. The fourth-order valence-electron chi connectivity index (χ4n) is 3.80. The summed E-state index contributed by atoms with van der Waals surface area (Å²) in [6, 6.07) is 11.9. The molecule has 1 aliphatic rings. The van der Waals surface area contributed by atoms with E-state index in [1.165, 1.54) is 11.3 Å². The zero-order valence-corrected chi connectivity index (χ0v) is 21.0. The van der Waals surface area contributed by atoms with Gasteiger partial charge >= 0.3 is 0 Å². The Morgan fingerprint density at radius 3 is 2.53 bits per heavy atom. The third-order valence-corrected chi connectivity index (χ3v) is 6.70. The molecule has 172 valence electrons. The Bertz CT molecular complexity index is 951. The van der Waals surface area contributed by atoms with Crippen LogP contribution in [-0.2, 0) is 16.1 Å². The molecular formula is C24H27BrCl2N2O3. The van der Waals surface area contributed by atoms with Crippen LogP contribution in [0.2, 0.25) is 10.0 Å². The molecule has 0 heterocycles. The van der Waals surface area contributed by atoms with Gasteiger partial charge in [0.25, 0.3) is 5.91 Å². The lowest BCUT2D eigenvalue weighted by Gasteiger charge is -2.31. The smallest absolute Gasteiger partial charge is 0.261 e. The van der Waals surface area contributed by atoms with Gasteiger partial charge in [-0.15, -0.1) is 0 Å². The topological polar surface area (TPSA) is 58.6 Å². The van der Waals surface area contributed by atoms with Gasteiger partial charge in [0.2, 0.25) is 5.91 Å². The number of amides is 2. The highest BCUT2D eigenvalue weighted by molar-refractivity contribution is 9.10. The molecule has 1 aliphatic carbocycles. The van der Waals surface area contributed by atoms with Crippen LogP contribution in [0, 0.1) is 0 Å². The lowest BCUT2D eigenvalue weighted by Crippen LogP contribution is -2.51. The predicted octanol–water partition coefficient (Wildman–Crippen LogP) is 6.00. The molecule has 32 heavy (non-hydrogen) atoms. The fourth-order valence-corrected chi connectivity index (χ4v) is 4.81. The lowest BCUT2D eigenvalue weighted by atomic mass is 9.95. The van der Waals surface area contributed by atoms with E-state index in [4.69, 9.17) is 27.9 Å². The maximum absolute atomic E-state index is 13.2. The first-order chi connectivity index (χ1) is 15.3. The molecule has 8 heteroatoms. The van der Waals surface area contributed by atoms with Gasteiger partial charge in [0.05, 0.1) is 4.47 Å². The average Bonchev–Trinajstić information content (AvgIpc) is 2.77. The van der Waals surface area contributed by atoms with E-state index >= 15 is 0 Å². The van der Waals surface area contributed by atoms with E-state index in [9.17, 15) is 9.59 Å². The molecule has 2 amide bonds. The predicted molar refractivity (Wildman–Crippen MR) is 131 cm³/mol. The van der Waals surface area contributed by atoms with Crippen LogP contribution in [0.15, 0.2) is 46.9 Å². The molecule has 1 fully saturated rings. The largest absolute Gasteiger partial charge is 0.483 e. The third-order valence-electron chi connectivity index (χ3n) is 5.61. The summed E-state index contributed by atoms with van der Waals surface area (Å²) in [4.78, 5) is 27.7. The van der Waals surface area contributed by atoms with Crippen molar-refractivity contribution < 1.29 is 14.3 Å². The van der Waals surface area contributed by atoms with Gasteiger partial charge in [-0.3, -0.25) is 9.59 Å². The molecule has 0 spiro atoms. The average molecular weight is 542 g/mol. The monoisotopic (exact) mass is 540 g/mol. The Balaban J connectivity index is 1.72. The van der Waals surface area contributed by atoms with Crippen LogP contribution in [0.3, 0.4) is 0 Å². The van der Waals surface area contributed by atoms with Gasteiger partial charge in [-0.25, -0.2) is 0 Å². The molecule has 2 aromatic carbocycles. The Kier molecular flexibility index (Phi) is 9.26. The zero-order chi connectivity index (χ0) is 23.1. The van der Waals surface area contributed by atoms with E-state index in [0.29, 0.717) is 20.3 Å². The van der Waals surface area contributed by atoms with Crippen molar-refractivity contribution in [2.24, 2.45) is 0 Å². The van der Waals surface area contributed by atoms with Gasteiger partial charge in [0.1, 0.15) is 11.8 Å². The third kappa shape index (κ3) is 7.12. The number of halogens is 3. The van der Waals surface area contributed by atoms with E-state index < -0.39 is 6.04 Å². The summed E-state index contributed by atoms with van der Waals surface area (Å²) in [7, 11) is 0. The van der Waals surface area contributed by atoms with Gasteiger partial charge in [-0.05, 0) is 71.6 Å². The molecule has 1 atom stereocenters. The first kappa shape index (κ1) is 24.9. The van der Waals surface area contributed by atoms with E-state index in [2.05, 4.69) is 21.2 Å². The highest BCUT2D eigenvalue weighted by atomic mass is 79.9. The number of carbonyl (C=O) groups is 2. The van der Waals surface area contributed by atoms with Crippen LogP contribution in [0.1, 0.15) is 44.6 Å². The molecule has 3 rings (SSSR count). The molecule has 1 N–H and O–H groups in total. The summed E-state index contributed by atoms with van der Waals surface area (Å²) < 4.78 is 6.38. The van der Waals surface area contributed by atoms with Crippen molar-refractivity contribution in [1.82, 2.24) is 10.2 Å². The first-order valence-electron chi connectivity index (χ1n) is 10.8. The van der Waals surface area contributed by atoms with E-state index in [1.54, 1.807) is 37.3 Å². The summed E-state index contributed by atoms with van der Waals surface area (Å²) in [5, 5.41) is 4.26. The van der Waals surface area contributed by atoms with Gasteiger partial charge < -0.3 is 15.0 Å². The number of hydrogen-bond donors (Lipinski definition) is 1. The minimum absolute atomic E-state index is 0.153. The molecular weight excluding hydrogens is 515 g/mol. The van der Waals surface area contributed by atoms with Crippen molar-refractivity contribution in [3.63, 3.8) is 0 Å². The highest BCUT2D eigenvalue weighted by Crippen LogP contribution is 2.28. The van der Waals surface area contributed by atoms with Crippen molar-refractivity contribution in [2.75, 3.05) is 6.61 Å². The zero-order valence-electron chi connectivity index (χ0n) is 18.0. The molecule has 0 unspecified atom stereocenters. The van der Waals surface area contributed by atoms with Crippen molar-refractivity contribution >= 4 is 50.9 Å². The summed E-state index contributed by atoms with van der Waals surface area (Å²) in [5.41, 5.74) is 0.843. The van der Waals surface area contributed by atoms with Crippen LogP contribution in [0.5, 0.6) is 5.75 Å². The number of ether oxygens (including phenoxy) is 1. The van der Waals surface area contributed by atoms with Gasteiger partial charge in [0.15, 0.2) is 6.61 Å². The molecule has 1 saturated carbocycles. The van der Waals surface area contributed by atoms with E-state index in [0.717, 1.165) is 31.2 Å². The summed E-state index contributed by atoms with van der Waals surface area (Å²) in [5.74, 6) is 0.0582. The molecule has 5 nitrogen and oxygen atoms in total.